The van der Waals surface area contributed by atoms with Gasteiger partial charge in [-0.2, -0.15) is 5.10 Å². The fourth-order valence-corrected chi connectivity index (χ4v) is 3.30. The number of anilines is 1. The summed E-state index contributed by atoms with van der Waals surface area (Å²) in [6, 6.07) is 6.87. The van der Waals surface area contributed by atoms with Gasteiger partial charge in [0, 0.05) is 31.9 Å². The zero-order chi connectivity index (χ0) is 15.5. The standard InChI is InChI=1S/C14H20N4O2S/c1-4-15-13-7-5-6-8-14(13)21(19,20)16-9-12-10-18(3)17-11(12)2/h5-8,10,15-16H,4,9H2,1-3H3. The number of hydrogen-bond donors (Lipinski definition) is 2. The topological polar surface area (TPSA) is 76.0 Å². The van der Waals surface area contributed by atoms with E-state index < -0.39 is 10.0 Å². The van der Waals surface area contributed by atoms with Gasteiger partial charge in [0.15, 0.2) is 0 Å². The summed E-state index contributed by atoms with van der Waals surface area (Å²) in [5, 5.41) is 7.26. The zero-order valence-electron chi connectivity index (χ0n) is 12.4. The van der Waals surface area contributed by atoms with Crippen LogP contribution < -0.4 is 10.0 Å². The quantitative estimate of drug-likeness (QED) is 0.850. The van der Waals surface area contributed by atoms with E-state index >= 15 is 0 Å². The highest BCUT2D eigenvalue weighted by Crippen LogP contribution is 2.20. The molecule has 7 heteroatoms. The third-order valence-corrected chi connectivity index (χ3v) is 4.57. The highest BCUT2D eigenvalue weighted by atomic mass is 32.2. The van der Waals surface area contributed by atoms with Crippen molar-refractivity contribution in [1.82, 2.24) is 14.5 Å². The van der Waals surface area contributed by atoms with E-state index in [0.717, 1.165) is 11.3 Å². The van der Waals surface area contributed by atoms with Crippen molar-refractivity contribution in [2.24, 2.45) is 7.05 Å². The van der Waals surface area contributed by atoms with E-state index in [1.807, 2.05) is 33.2 Å². The molecule has 114 valence electrons. The summed E-state index contributed by atoms with van der Waals surface area (Å²) >= 11 is 0. The summed E-state index contributed by atoms with van der Waals surface area (Å²) in [4.78, 5) is 0.258. The molecule has 0 fully saturated rings. The van der Waals surface area contributed by atoms with Crippen LogP contribution >= 0.6 is 0 Å². The number of aromatic nitrogens is 2. The lowest BCUT2D eigenvalue weighted by molar-refractivity contribution is 0.581. The normalized spacial score (nSPS) is 11.6. The third kappa shape index (κ3) is 3.62. The number of rotatable bonds is 6. The third-order valence-electron chi connectivity index (χ3n) is 3.11. The Hall–Kier alpha value is -1.86. The molecule has 0 amide bonds. The SMILES string of the molecule is CCNc1ccccc1S(=O)(=O)NCc1cn(C)nc1C. The van der Waals surface area contributed by atoms with Crippen LogP contribution in [-0.4, -0.2) is 24.7 Å². The first kappa shape index (κ1) is 15.5. The number of nitrogens with zero attached hydrogens (tertiary/aromatic N) is 2. The highest BCUT2D eigenvalue weighted by Gasteiger charge is 2.18. The van der Waals surface area contributed by atoms with Crippen LogP contribution in [-0.2, 0) is 23.6 Å². The number of nitrogens with one attached hydrogen (secondary N) is 2. The average molecular weight is 308 g/mol. The summed E-state index contributed by atoms with van der Waals surface area (Å²) in [5.41, 5.74) is 2.29. The number of para-hydroxylation sites is 1. The molecule has 0 atom stereocenters. The maximum Gasteiger partial charge on any atom is 0.242 e. The summed E-state index contributed by atoms with van der Waals surface area (Å²) in [6.45, 7) is 4.67. The van der Waals surface area contributed by atoms with Gasteiger partial charge in [-0.3, -0.25) is 4.68 Å². The van der Waals surface area contributed by atoms with Crippen molar-refractivity contribution < 1.29 is 8.42 Å². The second-order valence-electron chi connectivity index (χ2n) is 4.76. The van der Waals surface area contributed by atoms with Gasteiger partial charge in [-0.25, -0.2) is 13.1 Å². The molecule has 0 saturated carbocycles. The molecule has 2 aromatic rings. The van der Waals surface area contributed by atoms with Crippen LogP contribution in [0.4, 0.5) is 5.69 Å². The first-order valence-corrected chi connectivity index (χ1v) is 8.24. The van der Waals surface area contributed by atoms with Crippen LogP contribution in [0.25, 0.3) is 0 Å². The molecule has 0 saturated heterocycles. The van der Waals surface area contributed by atoms with Crippen LogP contribution in [0.2, 0.25) is 0 Å². The number of aryl methyl sites for hydroxylation is 2. The number of hydrogen-bond acceptors (Lipinski definition) is 4. The van der Waals surface area contributed by atoms with Crippen molar-refractivity contribution >= 4 is 15.7 Å². The fraction of sp³-hybridized carbons (Fsp3) is 0.357. The predicted molar refractivity (Wildman–Crippen MR) is 82.6 cm³/mol. The van der Waals surface area contributed by atoms with Crippen molar-refractivity contribution in [1.29, 1.82) is 0 Å². The molecule has 0 unspecified atom stereocenters. The molecule has 0 bridgehead atoms. The summed E-state index contributed by atoms with van der Waals surface area (Å²) in [7, 11) is -1.76. The van der Waals surface area contributed by atoms with Crippen LogP contribution in [0.5, 0.6) is 0 Å². The van der Waals surface area contributed by atoms with E-state index in [-0.39, 0.29) is 11.4 Å². The predicted octanol–water partition coefficient (Wildman–Crippen LogP) is 1.64. The smallest absolute Gasteiger partial charge is 0.242 e. The fourth-order valence-electron chi connectivity index (χ4n) is 2.11. The lowest BCUT2D eigenvalue weighted by Crippen LogP contribution is -2.24. The minimum absolute atomic E-state index is 0.225. The van der Waals surface area contributed by atoms with Crippen molar-refractivity contribution in [3.05, 3.63) is 41.7 Å². The van der Waals surface area contributed by atoms with Crippen molar-refractivity contribution in [2.75, 3.05) is 11.9 Å². The van der Waals surface area contributed by atoms with E-state index in [4.69, 9.17) is 0 Å². The summed E-state index contributed by atoms with van der Waals surface area (Å²) in [5.74, 6) is 0. The van der Waals surface area contributed by atoms with Crippen molar-refractivity contribution in [3.63, 3.8) is 0 Å². The molecular formula is C14H20N4O2S. The van der Waals surface area contributed by atoms with Gasteiger partial charge in [-0.15, -0.1) is 0 Å². The van der Waals surface area contributed by atoms with E-state index in [2.05, 4.69) is 15.1 Å². The summed E-state index contributed by atoms with van der Waals surface area (Å²) < 4.78 is 29.2. The van der Waals surface area contributed by atoms with Gasteiger partial charge in [-0.05, 0) is 26.0 Å². The van der Waals surface area contributed by atoms with E-state index in [0.29, 0.717) is 12.2 Å². The minimum atomic E-state index is -3.57. The van der Waals surface area contributed by atoms with E-state index in [1.165, 1.54) is 0 Å². The van der Waals surface area contributed by atoms with Gasteiger partial charge >= 0.3 is 0 Å². The molecule has 1 heterocycles. The first-order chi connectivity index (χ1) is 9.94. The van der Waals surface area contributed by atoms with Gasteiger partial charge < -0.3 is 5.32 Å². The minimum Gasteiger partial charge on any atom is -0.384 e. The Morgan fingerprint density at radius 2 is 2.00 bits per heavy atom. The Balaban J connectivity index is 2.21. The maximum atomic E-state index is 12.4. The van der Waals surface area contributed by atoms with E-state index in [1.54, 1.807) is 22.9 Å². The van der Waals surface area contributed by atoms with Crippen molar-refractivity contribution in [2.45, 2.75) is 25.3 Å². The molecule has 0 aliphatic heterocycles. The molecule has 6 nitrogen and oxygen atoms in total. The number of benzene rings is 1. The van der Waals surface area contributed by atoms with Crippen LogP contribution in [0, 0.1) is 6.92 Å². The Morgan fingerprint density at radius 3 is 2.62 bits per heavy atom. The molecule has 1 aromatic carbocycles. The van der Waals surface area contributed by atoms with Crippen LogP contribution in [0.15, 0.2) is 35.4 Å². The summed E-state index contributed by atoms with van der Waals surface area (Å²) in [6.07, 6.45) is 1.81. The van der Waals surface area contributed by atoms with Gasteiger partial charge in [0.2, 0.25) is 10.0 Å². The molecular weight excluding hydrogens is 288 g/mol. The molecule has 0 radical (unpaired) electrons. The molecule has 21 heavy (non-hydrogen) atoms. The van der Waals surface area contributed by atoms with Gasteiger partial charge in [-0.1, -0.05) is 12.1 Å². The Bertz CT molecular complexity index is 722. The lowest BCUT2D eigenvalue weighted by atomic mass is 10.3. The zero-order valence-corrected chi connectivity index (χ0v) is 13.2. The molecule has 2 N–H and O–H groups in total. The van der Waals surface area contributed by atoms with Crippen LogP contribution in [0.3, 0.4) is 0 Å². The maximum absolute atomic E-state index is 12.4. The second kappa shape index (κ2) is 6.28. The lowest BCUT2D eigenvalue weighted by Gasteiger charge is -2.12. The van der Waals surface area contributed by atoms with Crippen molar-refractivity contribution in [3.8, 4) is 0 Å². The Labute approximate surface area is 125 Å². The van der Waals surface area contributed by atoms with E-state index in [9.17, 15) is 8.42 Å². The van der Waals surface area contributed by atoms with Gasteiger partial charge in [0.1, 0.15) is 4.90 Å². The number of sulfonamides is 1. The molecule has 0 aliphatic rings. The first-order valence-electron chi connectivity index (χ1n) is 6.75. The largest absolute Gasteiger partial charge is 0.384 e. The second-order valence-corrected chi connectivity index (χ2v) is 6.50. The molecule has 0 spiro atoms. The Morgan fingerprint density at radius 1 is 1.29 bits per heavy atom. The van der Waals surface area contributed by atoms with Gasteiger partial charge in [0.25, 0.3) is 0 Å². The molecule has 2 rings (SSSR count). The molecule has 1 aromatic heterocycles. The monoisotopic (exact) mass is 308 g/mol. The average Bonchev–Trinajstić information content (AvgIpc) is 2.76. The van der Waals surface area contributed by atoms with Gasteiger partial charge in [0.05, 0.1) is 11.4 Å². The van der Waals surface area contributed by atoms with Crippen LogP contribution in [0.1, 0.15) is 18.2 Å². The molecule has 0 aliphatic carbocycles. The Kier molecular flexibility index (Phi) is 4.64. The highest BCUT2D eigenvalue weighted by molar-refractivity contribution is 7.89.